The summed E-state index contributed by atoms with van der Waals surface area (Å²) in [6, 6.07) is 18.1. The molecule has 0 radical (unpaired) electrons. The topological polar surface area (TPSA) is 52.8 Å². The van der Waals surface area contributed by atoms with E-state index in [1.54, 1.807) is 25.6 Å². The average molecular weight is 487 g/mol. The second-order valence-electron chi connectivity index (χ2n) is 8.24. The van der Waals surface area contributed by atoms with E-state index < -0.39 is 0 Å². The van der Waals surface area contributed by atoms with E-state index in [9.17, 15) is 4.79 Å². The van der Waals surface area contributed by atoms with Gasteiger partial charge < -0.3 is 9.47 Å². The van der Waals surface area contributed by atoms with Gasteiger partial charge in [-0.1, -0.05) is 41.7 Å². The van der Waals surface area contributed by atoms with Crippen LogP contribution in [0.25, 0.3) is 11.8 Å². The Kier molecular flexibility index (Phi) is 5.23. The number of aryl methyl sites for hydroxylation is 1. The van der Waals surface area contributed by atoms with Crippen LogP contribution in [0.1, 0.15) is 34.0 Å². The molecule has 0 saturated carbocycles. The third kappa shape index (κ3) is 3.35. The number of aromatic nitrogens is 1. The van der Waals surface area contributed by atoms with Crippen LogP contribution in [-0.4, -0.2) is 18.8 Å². The van der Waals surface area contributed by atoms with E-state index in [-0.39, 0.29) is 11.6 Å². The lowest BCUT2D eigenvalue weighted by molar-refractivity contribution is 0.393. The van der Waals surface area contributed by atoms with E-state index in [0.717, 1.165) is 33.8 Å². The molecule has 170 valence electrons. The van der Waals surface area contributed by atoms with Gasteiger partial charge in [-0.25, -0.2) is 4.99 Å². The van der Waals surface area contributed by atoms with Crippen molar-refractivity contribution in [2.45, 2.75) is 18.9 Å². The molecule has 4 aromatic rings. The minimum absolute atomic E-state index is 0.0228. The minimum Gasteiger partial charge on any atom is -0.497 e. The van der Waals surface area contributed by atoms with Crippen molar-refractivity contribution in [3.63, 3.8) is 0 Å². The Morgan fingerprint density at radius 1 is 1.06 bits per heavy atom. The van der Waals surface area contributed by atoms with Crippen molar-refractivity contribution >= 4 is 34.4 Å². The van der Waals surface area contributed by atoms with Crippen molar-refractivity contribution in [3.05, 3.63) is 107 Å². The molecule has 2 aliphatic rings. The van der Waals surface area contributed by atoms with Gasteiger partial charge in [-0.05, 0) is 53.6 Å². The summed E-state index contributed by atoms with van der Waals surface area (Å²) < 4.78 is 13.4. The fourth-order valence-electron chi connectivity index (χ4n) is 4.80. The zero-order chi connectivity index (χ0) is 23.2. The van der Waals surface area contributed by atoms with E-state index in [1.807, 2.05) is 28.8 Å². The third-order valence-corrected chi connectivity index (χ3v) is 8.32. The maximum absolute atomic E-state index is 13.8. The van der Waals surface area contributed by atoms with Crippen molar-refractivity contribution in [2.24, 2.45) is 4.99 Å². The van der Waals surface area contributed by atoms with E-state index in [4.69, 9.17) is 14.5 Å². The first-order valence-electron chi connectivity index (χ1n) is 11.1. The Morgan fingerprint density at radius 2 is 1.94 bits per heavy atom. The predicted molar refractivity (Wildman–Crippen MR) is 137 cm³/mol. The number of hydrogen-bond donors (Lipinski definition) is 0. The standard InChI is InChI=1S/C27H22N2O3S2/c1-31-18-11-9-17(21(15-18)32-2)14-23-26(30)29-25(22-8-5-13-33-22)20-12-10-16-6-3-4-7-19(16)24(20)28-27(29)34-23/h3-9,11,13-15,25H,10,12H2,1-2H3/b23-14+/t25-/m0/s1. The Morgan fingerprint density at radius 3 is 2.74 bits per heavy atom. The van der Waals surface area contributed by atoms with E-state index in [1.165, 1.54) is 28.0 Å². The van der Waals surface area contributed by atoms with Gasteiger partial charge in [-0.3, -0.25) is 9.36 Å². The van der Waals surface area contributed by atoms with Gasteiger partial charge in [0.1, 0.15) is 11.5 Å². The summed E-state index contributed by atoms with van der Waals surface area (Å²) in [6.45, 7) is 0. The number of nitrogens with zero attached hydrogens (tertiary/aromatic N) is 2. The largest absolute Gasteiger partial charge is 0.497 e. The number of thiophene rings is 1. The maximum Gasteiger partial charge on any atom is 0.271 e. The number of fused-ring (bicyclic) bond motifs is 3. The van der Waals surface area contributed by atoms with Crippen LogP contribution in [0.3, 0.4) is 0 Å². The van der Waals surface area contributed by atoms with Gasteiger partial charge in [0, 0.05) is 22.1 Å². The minimum atomic E-state index is -0.125. The molecule has 2 aromatic heterocycles. The van der Waals surface area contributed by atoms with Crippen molar-refractivity contribution in [3.8, 4) is 11.5 Å². The first-order chi connectivity index (χ1) is 16.7. The van der Waals surface area contributed by atoms with Crippen molar-refractivity contribution < 1.29 is 9.47 Å². The Hall–Kier alpha value is -3.42. The Labute approximate surface area is 204 Å². The normalized spacial score (nSPS) is 17.0. The molecule has 0 spiro atoms. The number of hydrogen-bond acceptors (Lipinski definition) is 6. The zero-order valence-electron chi connectivity index (χ0n) is 18.8. The fourth-order valence-corrected chi connectivity index (χ4v) is 6.64. The number of ether oxygens (including phenoxy) is 2. The number of methoxy groups -OCH3 is 2. The first kappa shape index (κ1) is 21.1. The first-order valence-corrected chi connectivity index (χ1v) is 12.8. The van der Waals surface area contributed by atoms with Crippen molar-refractivity contribution in [2.75, 3.05) is 14.2 Å². The molecule has 2 aromatic carbocycles. The number of allylic oxidation sites excluding steroid dienone is 1. The molecule has 0 fully saturated rings. The lowest BCUT2D eigenvalue weighted by Gasteiger charge is -2.30. The Bertz CT molecular complexity index is 1610. The molecule has 0 saturated heterocycles. The van der Waals surface area contributed by atoms with Crippen LogP contribution >= 0.6 is 22.7 Å². The van der Waals surface area contributed by atoms with Crippen LogP contribution < -0.4 is 24.4 Å². The molecule has 3 heterocycles. The van der Waals surface area contributed by atoms with Gasteiger partial charge in [0.25, 0.3) is 5.56 Å². The molecule has 0 bridgehead atoms. The summed E-state index contributed by atoms with van der Waals surface area (Å²) in [5.41, 5.74) is 5.55. The second-order valence-corrected chi connectivity index (χ2v) is 10.2. The molecular formula is C27H22N2O3S2. The zero-order valence-corrected chi connectivity index (χ0v) is 20.4. The molecular weight excluding hydrogens is 464 g/mol. The van der Waals surface area contributed by atoms with Gasteiger partial charge in [0.2, 0.25) is 0 Å². The smallest absolute Gasteiger partial charge is 0.271 e. The van der Waals surface area contributed by atoms with Crippen LogP contribution in [0.2, 0.25) is 0 Å². The van der Waals surface area contributed by atoms with Gasteiger partial charge in [0.05, 0.1) is 30.5 Å². The predicted octanol–water partition coefficient (Wildman–Crippen LogP) is 4.40. The molecule has 1 aliphatic heterocycles. The van der Waals surface area contributed by atoms with Crippen LogP contribution in [0.4, 0.5) is 0 Å². The lowest BCUT2D eigenvalue weighted by Crippen LogP contribution is -2.38. The summed E-state index contributed by atoms with van der Waals surface area (Å²) in [5, 5.41) is 2.07. The molecule has 6 rings (SSSR count). The van der Waals surface area contributed by atoms with E-state index in [0.29, 0.717) is 16.0 Å². The van der Waals surface area contributed by atoms with Crippen molar-refractivity contribution in [1.29, 1.82) is 0 Å². The quantitative estimate of drug-likeness (QED) is 0.430. The monoisotopic (exact) mass is 486 g/mol. The third-order valence-electron chi connectivity index (χ3n) is 6.41. The molecule has 0 unspecified atom stereocenters. The number of benzene rings is 2. The van der Waals surface area contributed by atoms with Crippen LogP contribution in [0, 0.1) is 0 Å². The van der Waals surface area contributed by atoms with Crippen molar-refractivity contribution in [1.82, 2.24) is 4.57 Å². The molecule has 5 nitrogen and oxygen atoms in total. The molecule has 34 heavy (non-hydrogen) atoms. The number of thiazole rings is 1. The summed E-state index contributed by atoms with van der Waals surface area (Å²) in [7, 11) is 3.24. The van der Waals surface area contributed by atoms with E-state index >= 15 is 0 Å². The lowest BCUT2D eigenvalue weighted by atomic mass is 9.85. The van der Waals surface area contributed by atoms with Gasteiger partial charge in [-0.15, -0.1) is 11.3 Å². The van der Waals surface area contributed by atoms with Gasteiger partial charge in [0.15, 0.2) is 4.80 Å². The van der Waals surface area contributed by atoms with Crippen LogP contribution in [-0.2, 0) is 6.42 Å². The number of rotatable bonds is 4. The van der Waals surface area contributed by atoms with Gasteiger partial charge >= 0.3 is 0 Å². The highest BCUT2D eigenvalue weighted by molar-refractivity contribution is 7.10. The van der Waals surface area contributed by atoms with Crippen LogP contribution in [0.15, 0.2) is 75.3 Å². The summed E-state index contributed by atoms with van der Waals surface area (Å²) in [6.07, 6.45) is 3.75. The highest BCUT2D eigenvalue weighted by Gasteiger charge is 2.33. The van der Waals surface area contributed by atoms with Gasteiger partial charge in [-0.2, -0.15) is 0 Å². The molecule has 1 aliphatic carbocycles. The average Bonchev–Trinajstić information content (AvgIpc) is 3.51. The molecule has 1 atom stereocenters. The van der Waals surface area contributed by atoms with E-state index in [2.05, 4.69) is 41.8 Å². The summed E-state index contributed by atoms with van der Waals surface area (Å²) in [4.78, 5) is 20.7. The van der Waals surface area contributed by atoms with Crippen LogP contribution in [0.5, 0.6) is 11.5 Å². The molecule has 0 N–H and O–H groups in total. The maximum atomic E-state index is 13.8. The molecule has 0 amide bonds. The Balaban J connectivity index is 1.59. The summed E-state index contributed by atoms with van der Waals surface area (Å²) >= 11 is 3.12. The molecule has 7 heteroatoms. The highest BCUT2D eigenvalue weighted by atomic mass is 32.1. The fraction of sp³-hybridized carbons (Fsp3) is 0.185. The highest BCUT2D eigenvalue weighted by Crippen LogP contribution is 2.42. The SMILES string of the molecule is COc1ccc(/C=c2/sc3n(c2=O)[C@H](c2cccs2)C2=C(N=3)c3ccccc3CC2)c(OC)c1. The second kappa shape index (κ2) is 8.42. The summed E-state index contributed by atoms with van der Waals surface area (Å²) in [5.74, 6) is 1.37.